The molecule has 138 valence electrons. The van der Waals surface area contributed by atoms with Crippen LogP contribution >= 0.6 is 0 Å². The number of halogens is 1. The molecule has 25 heavy (non-hydrogen) atoms. The lowest BCUT2D eigenvalue weighted by Gasteiger charge is -2.24. The van der Waals surface area contributed by atoms with Gasteiger partial charge in [-0.1, -0.05) is 0 Å². The zero-order chi connectivity index (χ0) is 19.0. The molecule has 0 spiro atoms. The Morgan fingerprint density at radius 2 is 2.04 bits per heavy atom. The quantitative estimate of drug-likeness (QED) is 0.750. The molecule has 1 aliphatic rings. The fraction of sp³-hybridized carbons (Fsp3) is 0.533. The van der Waals surface area contributed by atoms with Gasteiger partial charge in [0.1, 0.15) is 16.7 Å². The highest BCUT2D eigenvalue weighted by Gasteiger charge is 2.39. The van der Waals surface area contributed by atoms with E-state index in [1.807, 2.05) is 0 Å². The van der Waals surface area contributed by atoms with E-state index in [-0.39, 0.29) is 6.54 Å². The van der Waals surface area contributed by atoms with Gasteiger partial charge in [-0.25, -0.2) is 9.78 Å². The molecular formula is C15H20FN3O5S. The minimum atomic E-state index is -4.78. The van der Waals surface area contributed by atoms with E-state index in [4.69, 9.17) is 4.74 Å². The number of anilines is 2. The van der Waals surface area contributed by atoms with Gasteiger partial charge >= 0.3 is 16.3 Å². The summed E-state index contributed by atoms with van der Waals surface area (Å²) in [6.07, 6.45) is 0.327. The van der Waals surface area contributed by atoms with Crippen molar-refractivity contribution in [3.8, 4) is 0 Å². The van der Waals surface area contributed by atoms with Crippen molar-refractivity contribution < 1.29 is 26.6 Å². The molecule has 2 amide bonds. The standard InChI is InChI=1S/C15H20FN3O5S/c1-15(2,3)24-14(21)18(4)12-6-5-10(8-17-12)19-9-11(7-13(19)20)25(16,22)23/h5-6,8,11H,7,9H2,1-4H3. The lowest BCUT2D eigenvalue weighted by molar-refractivity contribution is -0.117. The van der Waals surface area contributed by atoms with E-state index >= 15 is 0 Å². The van der Waals surface area contributed by atoms with Crippen LogP contribution in [0.15, 0.2) is 18.3 Å². The van der Waals surface area contributed by atoms with Crippen LogP contribution in [0.1, 0.15) is 27.2 Å². The van der Waals surface area contributed by atoms with Crippen LogP contribution in [0.3, 0.4) is 0 Å². The summed E-state index contributed by atoms with van der Waals surface area (Å²) in [5.41, 5.74) is -0.322. The molecule has 1 aromatic rings. The second-order valence-electron chi connectivity index (χ2n) is 6.72. The summed E-state index contributed by atoms with van der Waals surface area (Å²) in [5, 5.41) is -1.37. The highest BCUT2D eigenvalue weighted by atomic mass is 32.3. The Balaban J connectivity index is 2.12. The Morgan fingerprint density at radius 3 is 2.48 bits per heavy atom. The monoisotopic (exact) mass is 373 g/mol. The first-order valence-corrected chi connectivity index (χ1v) is 9.00. The van der Waals surface area contributed by atoms with Gasteiger partial charge in [0.2, 0.25) is 5.91 Å². The summed E-state index contributed by atoms with van der Waals surface area (Å²) in [6.45, 7) is 4.96. The molecule has 0 aromatic carbocycles. The third-order valence-electron chi connectivity index (χ3n) is 3.54. The fourth-order valence-electron chi connectivity index (χ4n) is 2.27. The molecule has 0 aliphatic carbocycles. The zero-order valence-corrected chi connectivity index (χ0v) is 15.2. The van der Waals surface area contributed by atoms with Crippen LogP contribution in [0.4, 0.5) is 20.2 Å². The number of nitrogens with zero attached hydrogens (tertiary/aromatic N) is 3. The number of carbonyl (C=O) groups is 2. The first kappa shape index (κ1) is 19.1. The van der Waals surface area contributed by atoms with Crippen molar-refractivity contribution in [3.63, 3.8) is 0 Å². The predicted molar refractivity (Wildman–Crippen MR) is 89.7 cm³/mol. The maximum atomic E-state index is 13.1. The van der Waals surface area contributed by atoms with E-state index in [1.165, 1.54) is 30.3 Å². The van der Waals surface area contributed by atoms with Crippen LogP contribution in [0.2, 0.25) is 0 Å². The average Bonchev–Trinajstić information content (AvgIpc) is 2.87. The Labute approximate surface area is 145 Å². The van der Waals surface area contributed by atoms with Crippen molar-refractivity contribution in [2.75, 3.05) is 23.4 Å². The van der Waals surface area contributed by atoms with Gasteiger partial charge in [-0.15, -0.1) is 3.89 Å². The molecule has 0 saturated carbocycles. The molecule has 0 N–H and O–H groups in total. The van der Waals surface area contributed by atoms with Crippen LogP contribution < -0.4 is 9.80 Å². The van der Waals surface area contributed by atoms with E-state index in [9.17, 15) is 21.9 Å². The van der Waals surface area contributed by atoms with Gasteiger partial charge in [0, 0.05) is 20.0 Å². The van der Waals surface area contributed by atoms with Gasteiger partial charge in [-0.05, 0) is 32.9 Å². The molecule has 2 rings (SSSR count). The van der Waals surface area contributed by atoms with Crippen LogP contribution in [0.25, 0.3) is 0 Å². The summed E-state index contributed by atoms with van der Waals surface area (Å²) in [7, 11) is -3.29. The summed E-state index contributed by atoms with van der Waals surface area (Å²) in [4.78, 5) is 30.3. The molecule has 1 saturated heterocycles. The molecule has 0 bridgehead atoms. The first-order chi connectivity index (χ1) is 11.4. The number of aromatic nitrogens is 1. The summed E-state index contributed by atoms with van der Waals surface area (Å²) in [6, 6.07) is 3.00. The maximum Gasteiger partial charge on any atom is 0.415 e. The molecule has 0 radical (unpaired) electrons. The molecule has 1 aromatic heterocycles. The van der Waals surface area contributed by atoms with Crippen LogP contribution in [-0.2, 0) is 19.8 Å². The summed E-state index contributed by atoms with van der Waals surface area (Å²) in [5.74, 6) is -0.208. The highest BCUT2D eigenvalue weighted by Crippen LogP contribution is 2.26. The normalized spacial score (nSPS) is 18.4. The molecule has 8 nitrogen and oxygen atoms in total. The Morgan fingerprint density at radius 1 is 1.40 bits per heavy atom. The minimum Gasteiger partial charge on any atom is -0.443 e. The van der Waals surface area contributed by atoms with Crippen LogP contribution in [0.5, 0.6) is 0 Å². The topological polar surface area (TPSA) is 96.9 Å². The second kappa shape index (κ2) is 6.58. The lowest BCUT2D eigenvalue weighted by Crippen LogP contribution is -2.34. The lowest BCUT2D eigenvalue weighted by atomic mass is 10.2. The number of rotatable bonds is 3. The van der Waals surface area contributed by atoms with Crippen molar-refractivity contribution in [3.05, 3.63) is 18.3 Å². The molecule has 1 aliphatic heterocycles. The van der Waals surface area contributed by atoms with E-state index < -0.39 is 39.5 Å². The summed E-state index contributed by atoms with van der Waals surface area (Å²) >= 11 is 0. The van der Waals surface area contributed by atoms with Gasteiger partial charge < -0.3 is 9.64 Å². The average molecular weight is 373 g/mol. The number of pyridine rings is 1. The van der Waals surface area contributed by atoms with Crippen molar-refractivity contribution in [2.24, 2.45) is 0 Å². The van der Waals surface area contributed by atoms with Gasteiger partial charge in [-0.2, -0.15) is 8.42 Å². The van der Waals surface area contributed by atoms with Crippen molar-refractivity contribution in [2.45, 2.75) is 38.0 Å². The highest BCUT2D eigenvalue weighted by molar-refractivity contribution is 7.87. The number of hydrogen-bond donors (Lipinski definition) is 0. The predicted octanol–water partition coefficient (Wildman–Crippen LogP) is 1.86. The minimum absolute atomic E-state index is 0.263. The third kappa shape index (κ3) is 4.65. The zero-order valence-electron chi connectivity index (χ0n) is 14.4. The van der Waals surface area contributed by atoms with Gasteiger partial charge in [0.15, 0.2) is 0 Å². The number of amides is 2. The third-order valence-corrected chi connectivity index (χ3v) is 4.65. The number of hydrogen-bond acceptors (Lipinski definition) is 6. The van der Waals surface area contributed by atoms with Gasteiger partial charge in [0.05, 0.1) is 11.9 Å². The maximum absolute atomic E-state index is 13.1. The van der Waals surface area contributed by atoms with E-state index in [1.54, 1.807) is 20.8 Å². The fourth-order valence-corrected chi connectivity index (χ4v) is 2.94. The van der Waals surface area contributed by atoms with Gasteiger partial charge in [-0.3, -0.25) is 9.69 Å². The first-order valence-electron chi connectivity index (χ1n) is 7.55. The molecule has 2 heterocycles. The smallest absolute Gasteiger partial charge is 0.415 e. The Bertz CT molecular complexity index is 773. The molecule has 1 unspecified atom stereocenters. The second-order valence-corrected chi connectivity index (χ2v) is 8.34. The van der Waals surface area contributed by atoms with E-state index in [2.05, 4.69) is 4.98 Å². The van der Waals surface area contributed by atoms with Crippen molar-refractivity contribution in [1.29, 1.82) is 0 Å². The van der Waals surface area contributed by atoms with E-state index in [0.717, 1.165) is 4.90 Å². The number of ether oxygens (including phenoxy) is 1. The van der Waals surface area contributed by atoms with Crippen molar-refractivity contribution >= 4 is 33.7 Å². The van der Waals surface area contributed by atoms with Crippen LogP contribution in [0, 0.1) is 0 Å². The van der Waals surface area contributed by atoms with Gasteiger partial charge in [0.25, 0.3) is 0 Å². The Hall–Kier alpha value is -2.23. The van der Waals surface area contributed by atoms with Crippen LogP contribution in [-0.4, -0.2) is 49.8 Å². The summed E-state index contributed by atoms with van der Waals surface area (Å²) < 4.78 is 40.2. The Kier molecular flexibility index (Phi) is 5.03. The molecular weight excluding hydrogens is 353 g/mol. The molecule has 10 heteroatoms. The SMILES string of the molecule is CN(C(=O)OC(C)(C)C)c1ccc(N2CC(S(=O)(=O)F)CC2=O)cn1. The van der Waals surface area contributed by atoms with E-state index in [0.29, 0.717) is 11.5 Å². The van der Waals surface area contributed by atoms with Crippen molar-refractivity contribution in [1.82, 2.24) is 4.98 Å². The molecule has 1 fully saturated rings. The number of carbonyl (C=O) groups excluding carboxylic acids is 2. The largest absolute Gasteiger partial charge is 0.443 e. The molecule has 1 atom stereocenters.